The minimum atomic E-state index is -0.504. The third-order valence-corrected chi connectivity index (χ3v) is 5.85. The summed E-state index contributed by atoms with van der Waals surface area (Å²) in [5, 5.41) is 11.3. The van der Waals surface area contributed by atoms with E-state index in [9.17, 15) is 5.11 Å². The summed E-state index contributed by atoms with van der Waals surface area (Å²) in [6.07, 6.45) is 2.14. The molecule has 3 rings (SSSR count). The maximum atomic E-state index is 10.5. The van der Waals surface area contributed by atoms with Crippen molar-refractivity contribution in [1.82, 2.24) is 0 Å². The molecule has 1 aliphatic rings. The fourth-order valence-corrected chi connectivity index (χ4v) is 4.06. The smallest absolute Gasteiger partial charge is 0.161 e. The SMILES string of the molecule is C=CCc1ccc(OC[C@@H](O)C[NH+]2CC[NH+](Cc3ccc(Cl)cc3)CC2)c(OC)c1. The highest BCUT2D eigenvalue weighted by molar-refractivity contribution is 6.30. The highest BCUT2D eigenvalue weighted by Crippen LogP contribution is 2.28. The molecular weight excluding hydrogens is 400 g/mol. The number of aliphatic hydroxyl groups excluding tert-OH is 1. The molecule has 2 aromatic carbocycles. The Hall–Kier alpha value is -2.05. The number of benzene rings is 2. The van der Waals surface area contributed by atoms with Crippen LogP contribution >= 0.6 is 11.6 Å². The number of ether oxygens (including phenoxy) is 2. The summed E-state index contributed by atoms with van der Waals surface area (Å²) in [4.78, 5) is 3.01. The number of allylic oxidation sites excluding steroid dienone is 1. The highest BCUT2D eigenvalue weighted by Gasteiger charge is 2.25. The van der Waals surface area contributed by atoms with Gasteiger partial charge in [0.25, 0.3) is 0 Å². The van der Waals surface area contributed by atoms with Gasteiger partial charge in [0, 0.05) is 10.6 Å². The third-order valence-electron chi connectivity index (χ3n) is 5.60. The predicted octanol–water partition coefficient (Wildman–Crippen LogP) is 0.800. The van der Waals surface area contributed by atoms with Crippen molar-refractivity contribution in [3.05, 3.63) is 71.3 Å². The Balaban J connectivity index is 1.41. The van der Waals surface area contributed by atoms with E-state index in [0.29, 0.717) is 18.0 Å². The molecule has 5 nitrogen and oxygen atoms in total. The van der Waals surface area contributed by atoms with E-state index in [0.717, 1.165) is 49.7 Å². The second kappa shape index (κ2) is 11.4. The minimum Gasteiger partial charge on any atom is -0.493 e. The molecule has 0 amide bonds. The lowest BCUT2D eigenvalue weighted by atomic mass is 10.1. The Morgan fingerprint density at radius 1 is 1.03 bits per heavy atom. The number of halogens is 1. The van der Waals surface area contributed by atoms with Crippen LogP contribution < -0.4 is 19.3 Å². The zero-order valence-corrected chi connectivity index (χ0v) is 18.5. The monoisotopic (exact) mass is 432 g/mol. The largest absolute Gasteiger partial charge is 0.493 e. The lowest BCUT2D eigenvalue weighted by Gasteiger charge is -2.30. The molecule has 0 bridgehead atoms. The Labute approximate surface area is 184 Å². The average molecular weight is 433 g/mol. The summed E-state index contributed by atoms with van der Waals surface area (Å²) < 4.78 is 11.3. The minimum absolute atomic E-state index is 0.266. The Morgan fingerprint density at radius 3 is 2.37 bits per heavy atom. The Bertz CT molecular complexity index is 805. The van der Waals surface area contributed by atoms with Crippen molar-refractivity contribution in [3.8, 4) is 11.5 Å². The molecule has 1 atom stereocenters. The van der Waals surface area contributed by atoms with E-state index < -0.39 is 6.10 Å². The topological polar surface area (TPSA) is 47.6 Å². The van der Waals surface area contributed by atoms with E-state index in [1.54, 1.807) is 12.0 Å². The van der Waals surface area contributed by atoms with Crippen molar-refractivity contribution in [2.45, 2.75) is 19.1 Å². The average Bonchev–Trinajstić information content (AvgIpc) is 2.76. The molecule has 0 unspecified atom stereocenters. The molecule has 3 N–H and O–H groups in total. The molecule has 0 spiro atoms. The highest BCUT2D eigenvalue weighted by atomic mass is 35.5. The molecule has 0 aromatic heterocycles. The normalized spacial score (nSPS) is 19.8. The molecule has 1 saturated heterocycles. The summed E-state index contributed by atoms with van der Waals surface area (Å²) in [7, 11) is 1.63. The third kappa shape index (κ3) is 6.74. The van der Waals surface area contributed by atoms with Crippen molar-refractivity contribution in [3.63, 3.8) is 0 Å². The van der Waals surface area contributed by atoms with Crippen LogP contribution in [0.4, 0.5) is 0 Å². The molecular formula is C24H33ClN2O3+2. The van der Waals surface area contributed by atoms with Crippen LogP contribution in [0.25, 0.3) is 0 Å². The van der Waals surface area contributed by atoms with E-state index in [2.05, 4.69) is 18.7 Å². The standard InChI is InChI=1S/C24H31ClN2O3/c1-3-4-19-7-10-23(24(15-19)29-2)30-18-22(28)17-27-13-11-26(12-14-27)16-20-5-8-21(25)9-6-20/h3,5-10,15,22,28H,1,4,11-14,16-18H2,2H3/p+2/t22-/m0/s1. The van der Waals surface area contributed by atoms with E-state index in [1.165, 1.54) is 10.5 Å². The van der Waals surface area contributed by atoms with E-state index >= 15 is 0 Å². The van der Waals surface area contributed by atoms with Crippen molar-refractivity contribution in [2.24, 2.45) is 0 Å². The summed E-state index contributed by atoms with van der Waals surface area (Å²) >= 11 is 5.97. The molecule has 30 heavy (non-hydrogen) atoms. The number of hydrogen-bond acceptors (Lipinski definition) is 3. The summed E-state index contributed by atoms with van der Waals surface area (Å²) in [6, 6.07) is 14.0. The van der Waals surface area contributed by atoms with Gasteiger partial charge < -0.3 is 24.4 Å². The molecule has 1 aliphatic heterocycles. The van der Waals surface area contributed by atoms with Gasteiger partial charge in [-0.1, -0.05) is 35.9 Å². The van der Waals surface area contributed by atoms with Crippen molar-refractivity contribution in [1.29, 1.82) is 0 Å². The molecule has 1 heterocycles. The summed E-state index contributed by atoms with van der Waals surface area (Å²) in [5.74, 6) is 1.35. The number of rotatable bonds is 10. The number of piperazine rings is 1. The summed E-state index contributed by atoms with van der Waals surface area (Å²) in [5.41, 5.74) is 2.44. The first-order valence-electron chi connectivity index (χ1n) is 10.6. The van der Waals surface area contributed by atoms with Gasteiger partial charge in [-0.3, -0.25) is 0 Å². The van der Waals surface area contributed by atoms with Crippen molar-refractivity contribution >= 4 is 11.6 Å². The maximum absolute atomic E-state index is 10.5. The first kappa shape index (κ1) is 22.6. The predicted molar refractivity (Wildman–Crippen MR) is 120 cm³/mol. The number of hydrogen-bond donors (Lipinski definition) is 3. The number of aliphatic hydroxyl groups is 1. The Kier molecular flexibility index (Phi) is 8.58. The lowest BCUT2D eigenvalue weighted by Crippen LogP contribution is -3.28. The fourth-order valence-electron chi connectivity index (χ4n) is 3.93. The number of quaternary nitrogens is 2. The first-order valence-corrected chi connectivity index (χ1v) is 11.0. The molecule has 162 valence electrons. The van der Waals surface area contributed by atoms with Gasteiger partial charge in [0.15, 0.2) is 11.5 Å². The summed E-state index contributed by atoms with van der Waals surface area (Å²) in [6.45, 7) is 10.1. The zero-order chi connectivity index (χ0) is 21.3. The second-order valence-electron chi connectivity index (χ2n) is 7.95. The van der Waals surface area contributed by atoms with Crippen LogP contribution in [0.3, 0.4) is 0 Å². The quantitative estimate of drug-likeness (QED) is 0.487. The molecule has 2 aromatic rings. The van der Waals surface area contributed by atoms with Crippen LogP contribution in [-0.4, -0.2) is 57.7 Å². The van der Waals surface area contributed by atoms with Crippen molar-refractivity contribution in [2.75, 3.05) is 46.4 Å². The van der Waals surface area contributed by atoms with Crippen LogP contribution in [0.5, 0.6) is 11.5 Å². The lowest BCUT2D eigenvalue weighted by molar-refractivity contribution is -1.02. The van der Waals surface area contributed by atoms with Gasteiger partial charge in [-0.25, -0.2) is 0 Å². The van der Waals surface area contributed by atoms with Gasteiger partial charge in [0.05, 0.1) is 7.11 Å². The molecule has 6 heteroatoms. The van der Waals surface area contributed by atoms with Crippen LogP contribution in [0, 0.1) is 0 Å². The van der Waals surface area contributed by atoms with Crippen LogP contribution in [0.2, 0.25) is 5.02 Å². The first-order chi connectivity index (χ1) is 14.6. The van der Waals surface area contributed by atoms with Gasteiger partial charge in [-0.2, -0.15) is 0 Å². The van der Waals surface area contributed by atoms with Gasteiger partial charge >= 0.3 is 0 Å². The number of nitrogens with one attached hydrogen (secondary N) is 2. The van der Waals surface area contributed by atoms with E-state index in [1.807, 2.05) is 36.4 Å². The number of methoxy groups -OCH3 is 1. The fraction of sp³-hybridized carbons (Fsp3) is 0.417. The van der Waals surface area contributed by atoms with E-state index in [4.69, 9.17) is 21.1 Å². The van der Waals surface area contributed by atoms with Crippen LogP contribution in [0.1, 0.15) is 11.1 Å². The van der Waals surface area contributed by atoms with Crippen molar-refractivity contribution < 1.29 is 24.4 Å². The van der Waals surface area contributed by atoms with Gasteiger partial charge in [-0.15, -0.1) is 6.58 Å². The van der Waals surface area contributed by atoms with Crippen LogP contribution in [-0.2, 0) is 13.0 Å². The van der Waals surface area contributed by atoms with Crippen LogP contribution in [0.15, 0.2) is 55.1 Å². The van der Waals surface area contributed by atoms with Gasteiger partial charge in [0.2, 0.25) is 0 Å². The van der Waals surface area contributed by atoms with Gasteiger partial charge in [-0.05, 0) is 36.2 Å². The molecule has 0 radical (unpaired) electrons. The maximum Gasteiger partial charge on any atom is 0.161 e. The molecule has 0 aliphatic carbocycles. The molecule has 0 saturated carbocycles. The second-order valence-corrected chi connectivity index (χ2v) is 8.39. The Morgan fingerprint density at radius 2 is 1.70 bits per heavy atom. The molecule has 1 fully saturated rings. The van der Waals surface area contributed by atoms with Gasteiger partial charge in [0.1, 0.15) is 52.0 Å². The zero-order valence-electron chi connectivity index (χ0n) is 17.7. The van der Waals surface area contributed by atoms with E-state index in [-0.39, 0.29) is 6.61 Å².